The summed E-state index contributed by atoms with van der Waals surface area (Å²) in [6.45, 7) is 6.86. The lowest BCUT2D eigenvalue weighted by molar-refractivity contribution is 0.0220. The zero-order chi connectivity index (χ0) is 29.7. The maximum atomic E-state index is 13.8. The van der Waals surface area contributed by atoms with Gasteiger partial charge in [0, 0.05) is 30.4 Å². The number of pyridine rings is 1. The molecular formula is C31H40F3N3O4. The molecular weight excluding hydrogens is 535 g/mol. The van der Waals surface area contributed by atoms with E-state index in [-0.39, 0.29) is 44.6 Å². The second-order valence-corrected chi connectivity index (χ2v) is 11.5. The molecule has 1 amide bonds. The van der Waals surface area contributed by atoms with E-state index < -0.39 is 30.8 Å². The Kier molecular flexibility index (Phi) is 9.84. The number of amides is 1. The molecule has 0 bridgehead atoms. The van der Waals surface area contributed by atoms with Crippen LogP contribution in [0.2, 0.25) is 0 Å². The number of nitrogens with zero attached hydrogens (tertiary/aromatic N) is 3. The summed E-state index contributed by atoms with van der Waals surface area (Å²) in [7, 11) is 1.53. The fourth-order valence-electron chi connectivity index (χ4n) is 5.66. The van der Waals surface area contributed by atoms with Crippen LogP contribution in [0, 0.1) is 0 Å². The van der Waals surface area contributed by atoms with Crippen LogP contribution in [0.15, 0.2) is 42.1 Å². The maximum Gasteiger partial charge on any atom is 0.410 e. The number of hydrogen-bond donors (Lipinski definition) is 0. The number of benzene rings is 1. The predicted molar refractivity (Wildman–Crippen MR) is 151 cm³/mol. The standard InChI is InChI=1S/C31H40F3N3O4/c1-20-15-23-22-10-7-6-9-21(22)16-24(23)29(37(20)19-27(33)34)25-18-35-28(17-26(25)39-5)40-14-13-36(12-8-11-32)30(38)41-31(2,3)4/h6-7,9-10,17-18,20,27,29H,8,11-16,19H2,1-5H3/t20-,29+/m1/s1. The molecule has 2 atom stereocenters. The van der Waals surface area contributed by atoms with E-state index in [0.29, 0.717) is 24.2 Å². The lowest BCUT2D eigenvalue weighted by Gasteiger charge is -2.42. The van der Waals surface area contributed by atoms with E-state index in [9.17, 15) is 18.0 Å². The number of alkyl halides is 3. The molecule has 2 heterocycles. The first-order valence-electron chi connectivity index (χ1n) is 14.1. The Balaban J connectivity index is 1.56. The van der Waals surface area contributed by atoms with Crippen molar-refractivity contribution in [1.29, 1.82) is 0 Å². The summed E-state index contributed by atoms with van der Waals surface area (Å²) in [5, 5.41) is 0. The molecule has 0 saturated carbocycles. The molecule has 0 spiro atoms. The van der Waals surface area contributed by atoms with Gasteiger partial charge < -0.3 is 19.1 Å². The number of ether oxygens (including phenoxy) is 3. The third kappa shape index (κ3) is 7.33. The smallest absolute Gasteiger partial charge is 0.410 e. The van der Waals surface area contributed by atoms with Gasteiger partial charge in [0.05, 0.1) is 32.9 Å². The van der Waals surface area contributed by atoms with Crippen LogP contribution >= 0.6 is 0 Å². The van der Waals surface area contributed by atoms with E-state index in [1.807, 2.05) is 24.0 Å². The second-order valence-electron chi connectivity index (χ2n) is 11.5. The average molecular weight is 576 g/mol. The van der Waals surface area contributed by atoms with Gasteiger partial charge in [-0.2, -0.15) is 0 Å². The van der Waals surface area contributed by atoms with Crippen molar-refractivity contribution in [3.05, 3.63) is 58.8 Å². The van der Waals surface area contributed by atoms with Gasteiger partial charge in [-0.15, -0.1) is 0 Å². The molecule has 41 heavy (non-hydrogen) atoms. The first kappa shape index (κ1) is 30.7. The number of carbonyl (C=O) groups is 1. The number of methoxy groups -OCH3 is 1. The minimum absolute atomic E-state index is 0.101. The first-order valence-corrected chi connectivity index (χ1v) is 14.1. The monoisotopic (exact) mass is 575 g/mol. The molecule has 0 unspecified atom stereocenters. The third-order valence-electron chi connectivity index (χ3n) is 7.40. The van der Waals surface area contributed by atoms with E-state index in [1.54, 1.807) is 33.0 Å². The van der Waals surface area contributed by atoms with Gasteiger partial charge in [-0.3, -0.25) is 9.29 Å². The van der Waals surface area contributed by atoms with E-state index >= 15 is 0 Å². The van der Waals surface area contributed by atoms with Crippen LogP contribution in [0.3, 0.4) is 0 Å². The summed E-state index contributed by atoms with van der Waals surface area (Å²) >= 11 is 0. The van der Waals surface area contributed by atoms with Crippen molar-refractivity contribution < 1.29 is 32.2 Å². The Morgan fingerprint density at radius 3 is 2.66 bits per heavy atom. The number of carbonyl (C=O) groups excluding carboxylic acids is 1. The van der Waals surface area contributed by atoms with Gasteiger partial charge >= 0.3 is 6.09 Å². The van der Waals surface area contributed by atoms with Crippen LogP contribution < -0.4 is 9.47 Å². The van der Waals surface area contributed by atoms with Crippen molar-refractivity contribution in [1.82, 2.24) is 14.8 Å². The summed E-state index contributed by atoms with van der Waals surface area (Å²) in [5.41, 5.74) is 4.71. The lowest BCUT2D eigenvalue weighted by atomic mass is 9.85. The summed E-state index contributed by atoms with van der Waals surface area (Å²) in [6.07, 6.45) is 0.182. The van der Waals surface area contributed by atoms with Gasteiger partial charge in [0.25, 0.3) is 6.43 Å². The van der Waals surface area contributed by atoms with Gasteiger partial charge in [0.1, 0.15) is 18.0 Å². The highest BCUT2D eigenvalue weighted by Crippen LogP contribution is 2.50. The minimum Gasteiger partial charge on any atom is -0.496 e. The van der Waals surface area contributed by atoms with Gasteiger partial charge in [0.2, 0.25) is 5.88 Å². The Labute approximate surface area is 240 Å². The van der Waals surface area contributed by atoms with Crippen LogP contribution in [0.5, 0.6) is 11.6 Å². The van der Waals surface area contributed by atoms with E-state index in [0.717, 1.165) is 5.57 Å². The van der Waals surface area contributed by atoms with Crippen molar-refractivity contribution in [3.8, 4) is 11.6 Å². The molecule has 10 heteroatoms. The average Bonchev–Trinajstić information content (AvgIpc) is 3.27. The summed E-state index contributed by atoms with van der Waals surface area (Å²) in [6, 6.07) is 9.32. The molecule has 0 radical (unpaired) electrons. The highest BCUT2D eigenvalue weighted by Gasteiger charge is 2.41. The van der Waals surface area contributed by atoms with Gasteiger partial charge in [0.15, 0.2) is 0 Å². The maximum absolute atomic E-state index is 13.8. The molecule has 2 aromatic rings. The quantitative estimate of drug-likeness (QED) is 0.306. The summed E-state index contributed by atoms with van der Waals surface area (Å²) in [5.74, 6) is 0.756. The summed E-state index contributed by atoms with van der Waals surface area (Å²) in [4.78, 5) is 20.3. The molecule has 0 fully saturated rings. The van der Waals surface area contributed by atoms with Gasteiger partial charge in [-0.05, 0) is 69.2 Å². The van der Waals surface area contributed by atoms with Gasteiger partial charge in [-0.25, -0.2) is 18.6 Å². The Morgan fingerprint density at radius 1 is 1.22 bits per heavy atom. The Morgan fingerprint density at radius 2 is 1.98 bits per heavy atom. The zero-order valence-corrected chi connectivity index (χ0v) is 24.5. The van der Waals surface area contributed by atoms with Crippen LogP contribution in [-0.4, -0.2) is 79.0 Å². The largest absolute Gasteiger partial charge is 0.496 e. The molecule has 1 aliphatic heterocycles. The van der Waals surface area contributed by atoms with Crippen LogP contribution in [0.4, 0.5) is 18.0 Å². The van der Waals surface area contributed by atoms with Crippen LogP contribution in [0.25, 0.3) is 5.57 Å². The fraction of sp³-hybridized carbons (Fsp3) is 0.548. The molecule has 0 N–H and O–H groups in total. The van der Waals surface area contributed by atoms with Crippen LogP contribution in [-0.2, 0) is 11.2 Å². The second kappa shape index (κ2) is 13.1. The fourth-order valence-corrected chi connectivity index (χ4v) is 5.66. The molecule has 1 aliphatic carbocycles. The topological polar surface area (TPSA) is 64.1 Å². The van der Waals surface area contributed by atoms with Crippen molar-refractivity contribution in [3.63, 3.8) is 0 Å². The number of fused-ring (bicyclic) bond motifs is 2. The van der Waals surface area contributed by atoms with Crippen LogP contribution in [0.1, 0.15) is 63.3 Å². The minimum atomic E-state index is -2.49. The molecule has 4 rings (SSSR count). The molecule has 1 aromatic carbocycles. The molecule has 7 nitrogen and oxygen atoms in total. The first-order chi connectivity index (χ1) is 19.5. The normalized spacial score (nSPS) is 18.8. The van der Waals surface area contributed by atoms with Crippen molar-refractivity contribution in [2.45, 2.75) is 71.1 Å². The molecule has 2 aliphatic rings. The molecule has 1 aromatic heterocycles. The lowest BCUT2D eigenvalue weighted by Crippen LogP contribution is -2.43. The number of halogens is 3. The Bertz CT molecular complexity index is 1250. The van der Waals surface area contributed by atoms with E-state index in [1.165, 1.54) is 28.7 Å². The van der Waals surface area contributed by atoms with Crippen molar-refractivity contribution >= 4 is 11.7 Å². The van der Waals surface area contributed by atoms with E-state index in [2.05, 4.69) is 17.1 Å². The molecule has 224 valence electrons. The number of aromatic nitrogens is 1. The third-order valence-corrected chi connectivity index (χ3v) is 7.40. The zero-order valence-electron chi connectivity index (χ0n) is 24.5. The predicted octanol–water partition coefficient (Wildman–Crippen LogP) is 6.48. The van der Waals surface area contributed by atoms with E-state index in [4.69, 9.17) is 14.2 Å². The highest BCUT2D eigenvalue weighted by atomic mass is 19.3. The van der Waals surface area contributed by atoms with Gasteiger partial charge in [-0.1, -0.05) is 24.3 Å². The van der Waals surface area contributed by atoms with Crippen molar-refractivity contribution in [2.24, 2.45) is 0 Å². The number of hydrogen-bond acceptors (Lipinski definition) is 6. The SMILES string of the molecule is COc1cc(OCCN(CCCF)C(=O)OC(C)(C)C)ncc1[C@@H]1C2=C(C[C@@H](C)N1CC(F)F)c1ccccc1C2. The summed E-state index contributed by atoms with van der Waals surface area (Å²) < 4.78 is 57.4. The number of rotatable bonds is 11. The molecule has 0 saturated heterocycles. The Hall–Kier alpha value is -3.27. The van der Waals surface area contributed by atoms with Crippen molar-refractivity contribution in [2.75, 3.05) is 40.0 Å². The highest BCUT2D eigenvalue weighted by molar-refractivity contribution is 5.79.